The van der Waals surface area contributed by atoms with Crippen LogP contribution < -0.4 is 4.74 Å². The van der Waals surface area contributed by atoms with E-state index in [-0.39, 0.29) is 32.5 Å². The lowest BCUT2D eigenvalue weighted by atomic mass is 9.98. The van der Waals surface area contributed by atoms with Crippen LogP contribution in [0.5, 0.6) is 11.5 Å². The largest absolute Gasteiger partial charge is 0.457 e. The SMILES string of the molecule is CCOP(=O)(OCC)C(CCCc1cc(Oc2ccc(F)cc2)ccc1F)S(=O)(=O)OC1CCCCC1. The molecule has 0 heterocycles. The summed E-state index contributed by atoms with van der Waals surface area (Å²) >= 11 is 0. The van der Waals surface area contributed by atoms with Crippen LogP contribution >= 0.6 is 7.60 Å². The molecule has 0 spiro atoms. The van der Waals surface area contributed by atoms with Crippen LogP contribution in [-0.4, -0.2) is 32.7 Å². The van der Waals surface area contributed by atoms with Crippen LogP contribution in [0.15, 0.2) is 42.5 Å². The summed E-state index contributed by atoms with van der Waals surface area (Å²) in [4.78, 5) is -1.52. The molecular formula is C26H35F2O7PS. The predicted molar refractivity (Wildman–Crippen MR) is 137 cm³/mol. The molecule has 2 aromatic carbocycles. The van der Waals surface area contributed by atoms with E-state index in [4.69, 9.17) is 18.0 Å². The zero-order chi connectivity index (χ0) is 26.9. The minimum absolute atomic E-state index is 0.00409. The maximum Gasteiger partial charge on any atom is 0.351 e. The van der Waals surface area contributed by atoms with Crippen molar-refractivity contribution in [1.29, 1.82) is 0 Å². The monoisotopic (exact) mass is 560 g/mol. The summed E-state index contributed by atoms with van der Waals surface area (Å²) in [6.07, 6.45) is 3.76. The van der Waals surface area contributed by atoms with E-state index in [1.807, 2.05) is 0 Å². The Kier molecular flexibility index (Phi) is 11.1. The number of hydrogen-bond donors (Lipinski definition) is 0. The molecule has 0 saturated heterocycles. The highest BCUT2D eigenvalue weighted by Crippen LogP contribution is 2.57. The van der Waals surface area contributed by atoms with Gasteiger partial charge in [-0.3, -0.25) is 8.75 Å². The number of rotatable bonds is 14. The lowest BCUT2D eigenvalue weighted by Gasteiger charge is -2.28. The van der Waals surface area contributed by atoms with Gasteiger partial charge in [0.1, 0.15) is 23.1 Å². The van der Waals surface area contributed by atoms with E-state index < -0.39 is 40.4 Å². The van der Waals surface area contributed by atoms with Crippen LogP contribution in [-0.2, 0) is 34.3 Å². The quantitative estimate of drug-likeness (QED) is 0.176. The second kappa shape index (κ2) is 13.8. The fraction of sp³-hybridized carbons (Fsp3) is 0.538. The molecule has 0 N–H and O–H groups in total. The summed E-state index contributed by atoms with van der Waals surface area (Å²) in [5, 5.41) is 0. The smallest absolute Gasteiger partial charge is 0.351 e. The van der Waals surface area contributed by atoms with Gasteiger partial charge in [-0.2, -0.15) is 8.42 Å². The number of benzene rings is 2. The first-order chi connectivity index (χ1) is 17.7. The zero-order valence-electron chi connectivity index (χ0n) is 21.2. The fourth-order valence-corrected chi connectivity index (χ4v) is 8.91. The van der Waals surface area contributed by atoms with E-state index in [2.05, 4.69) is 0 Å². The third-order valence-corrected chi connectivity index (χ3v) is 11.3. The highest BCUT2D eigenvalue weighted by atomic mass is 32.2. The van der Waals surface area contributed by atoms with E-state index in [9.17, 15) is 21.8 Å². The van der Waals surface area contributed by atoms with Crippen molar-refractivity contribution in [2.75, 3.05) is 13.2 Å². The van der Waals surface area contributed by atoms with Gasteiger partial charge in [0.15, 0.2) is 4.99 Å². The van der Waals surface area contributed by atoms with Gasteiger partial charge >= 0.3 is 7.60 Å². The van der Waals surface area contributed by atoms with Crippen molar-refractivity contribution in [3.05, 3.63) is 59.7 Å². The highest BCUT2D eigenvalue weighted by Gasteiger charge is 2.46. The van der Waals surface area contributed by atoms with Crippen molar-refractivity contribution >= 4 is 17.7 Å². The Bertz CT molecular complexity index is 1140. The number of aryl methyl sites for hydroxylation is 1. The van der Waals surface area contributed by atoms with E-state index in [0.29, 0.717) is 29.9 Å². The first-order valence-corrected chi connectivity index (χ1v) is 15.8. The third kappa shape index (κ3) is 8.58. The summed E-state index contributed by atoms with van der Waals surface area (Å²) in [7, 11) is -8.38. The maximum absolute atomic E-state index is 14.6. The Balaban J connectivity index is 1.75. The Morgan fingerprint density at radius 2 is 1.57 bits per heavy atom. The summed E-state index contributed by atoms with van der Waals surface area (Å²) in [6, 6.07) is 9.63. The summed E-state index contributed by atoms with van der Waals surface area (Å²) in [5.74, 6) is -0.149. The van der Waals surface area contributed by atoms with Crippen LogP contribution in [0.2, 0.25) is 0 Å². The van der Waals surface area contributed by atoms with Gasteiger partial charge in [-0.15, -0.1) is 0 Å². The number of hydrogen-bond acceptors (Lipinski definition) is 7. The topological polar surface area (TPSA) is 88.1 Å². The Hall–Kier alpha value is -1.84. The second-order valence-electron chi connectivity index (χ2n) is 8.88. The molecule has 0 aliphatic heterocycles. The van der Waals surface area contributed by atoms with Crippen LogP contribution in [0.25, 0.3) is 0 Å². The van der Waals surface area contributed by atoms with Crippen LogP contribution in [0.4, 0.5) is 8.78 Å². The normalized spacial score (nSPS) is 16.0. The molecule has 1 unspecified atom stereocenters. The van der Waals surface area contributed by atoms with Gasteiger partial charge in [-0.25, -0.2) is 8.78 Å². The van der Waals surface area contributed by atoms with Gasteiger partial charge in [0.25, 0.3) is 10.1 Å². The van der Waals surface area contributed by atoms with E-state index in [1.165, 1.54) is 42.5 Å². The van der Waals surface area contributed by atoms with Crippen molar-refractivity contribution in [1.82, 2.24) is 0 Å². The predicted octanol–water partition coefficient (Wildman–Crippen LogP) is 7.35. The first-order valence-electron chi connectivity index (χ1n) is 12.7. The average molecular weight is 561 g/mol. The molecule has 0 aromatic heterocycles. The zero-order valence-corrected chi connectivity index (χ0v) is 22.9. The summed E-state index contributed by atoms with van der Waals surface area (Å²) in [6.45, 7) is 3.23. The van der Waals surface area contributed by atoms with Crippen molar-refractivity contribution in [3.63, 3.8) is 0 Å². The first kappa shape index (κ1) is 29.7. The fourth-order valence-electron chi connectivity index (χ4n) is 4.35. The third-order valence-electron chi connectivity index (χ3n) is 6.09. The number of halogens is 2. The number of ether oxygens (including phenoxy) is 1. The molecule has 1 atom stereocenters. The maximum atomic E-state index is 14.6. The molecule has 0 radical (unpaired) electrons. The Morgan fingerprint density at radius 3 is 2.19 bits per heavy atom. The molecule has 7 nitrogen and oxygen atoms in total. The molecule has 0 bridgehead atoms. The molecule has 1 aliphatic rings. The minimum atomic E-state index is -4.30. The molecule has 1 fully saturated rings. The molecule has 1 saturated carbocycles. The van der Waals surface area contributed by atoms with Crippen molar-refractivity contribution in [3.8, 4) is 11.5 Å². The van der Waals surface area contributed by atoms with Crippen LogP contribution in [0.1, 0.15) is 64.4 Å². The van der Waals surface area contributed by atoms with E-state index in [0.717, 1.165) is 19.3 Å². The van der Waals surface area contributed by atoms with Gasteiger partial charge in [-0.1, -0.05) is 19.3 Å². The Labute approximate surface area is 218 Å². The van der Waals surface area contributed by atoms with Crippen molar-refractivity contribution in [2.45, 2.75) is 76.3 Å². The van der Waals surface area contributed by atoms with Gasteiger partial charge in [-0.05, 0) is 94.0 Å². The molecular weight excluding hydrogens is 525 g/mol. The molecule has 2 aromatic rings. The van der Waals surface area contributed by atoms with Crippen molar-refractivity contribution < 1.29 is 39.7 Å². The van der Waals surface area contributed by atoms with Gasteiger partial charge in [0, 0.05) is 0 Å². The molecule has 3 rings (SSSR count). The van der Waals surface area contributed by atoms with E-state index >= 15 is 0 Å². The molecule has 206 valence electrons. The van der Waals surface area contributed by atoms with Gasteiger partial charge in [0.2, 0.25) is 0 Å². The minimum Gasteiger partial charge on any atom is -0.457 e. The average Bonchev–Trinajstić information content (AvgIpc) is 2.85. The lowest BCUT2D eigenvalue weighted by molar-refractivity contribution is 0.158. The van der Waals surface area contributed by atoms with Gasteiger partial charge < -0.3 is 13.8 Å². The van der Waals surface area contributed by atoms with Crippen molar-refractivity contribution in [2.24, 2.45) is 0 Å². The molecule has 1 aliphatic carbocycles. The van der Waals surface area contributed by atoms with Gasteiger partial charge in [0.05, 0.1) is 19.3 Å². The second-order valence-corrected chi connectivity index (χ2v) is 13.2. The molecule has 37 heavy (non-hydrogen) atoms. The van der Waals surface area contributed by atoms with Crippen LogP contribution in [0, 0.1) is 11.6 Å². The van der Waals surface area contributed by atoms with E-state index in [1.54, 1.807) is 13.8 Å². The summed E-state index contributed by atoms with van der Waals surface area (Å²) < 4.78 is 89.9. The summed E-state index contributed by atoms with van der Waals surface area (Å²) in [5.41, 5.74) is 0.298. The van der Waals surface area contributed by atoms with Crippen LogP contribution in [0.3, 0.4) is 0 Å². The lowest BCUT2D eigenvalue weighted by Crippen LogP contribution is -2.31. The molecule has 0 amide bonds. The Morgan fingerprint density at radius 1 is 0.946 bits per heavy atom. The molecule has 11 heteroatoms. The standard InChI is InChI=1S/C26H35F2O7PS/c1-3-32-36(29,33-4-2)26(37(30,31)35-23-10-6-5-7-11-23)12-8-9-20-19-24(17-18-25(20)28)34-22-15-13-21(27)14-16-22/h13-19,23,26H,3-12H2,1-2H3. The highest BCUT2D eigenvalue weighted by molar-refractivity contribution is 7.94.